The average molecular weight is 894 g/mol. The van der Waals surface area contributed by atoms with Crippen molar-refractivity contribution in [2.45, 2.75) is 135 Å². The molecule has 0 radical (unpaired) electrons. The number of hydrogen-bond donors (Lipinski definition) is 3. The molecule has 348 valence electrons. The first-order valence-electron chi connectivity index (χ1n) is 21.2. The molecule has 1 amide bonds. The minimum absolute atomic E-state index is 0.0275. The number of amides is 1. The molecule has 3 N–H and O–H groups in total. The summed E-state index contributed by atoms with van der Waals surface area (Å²) in [5.41, 5.74) is -7.99. The molecule has 2 saturated carbocycles. The van der Waals surface area contributed by atoms with E-state index in [1.165, 1.54) is 33.1 Å². The van der Waals surface area contributed by atoms with E-state index in [0.717, 1.165) is 6.92 Å². The van der Waals surface area contributed by atoms with Crippen LogP contribution in [0.4, 0.5) is 4.79 Å². The number of aliphatic hydroxyl groups is 2. The molecule has 64 heavy (non-hydrogen) atoms. The van der Waals surface area contributed by atoms with Crippen LogP contribution in [-0.2, 0) is 57.1 Å². The number of fused-ring (bicyclic) bond motifs is 5. The van der Waals surface area contributed by atoms with Gasteiger partial charge in [-0.05, 0) is 63.5 Å². The molecule has 3 fully saturated rings. The molecular formula is C47H59NO16. The summed E-state index contributed by atoms with van der Waals surface area (Å²) in [6, 6.07) is 14.7. The predicted octanol–water partition coefficient (Wildman–Crippen LogP) is 4.46. The zero-order valence-corrected chi connectivity index (χ0v) is 37.8. The lowest BCUT2D eigenvalue weighted by Crippen LogP contribution is -2.82. The van der Waals surface area contributed by atoms with Crippen molar-refractivity contribution in [1.29, 1.82) is 0 Å². The van der Waals surface area contributed by atoms with Crippen LogP contribution in [0.15, 0.2) is 71.8 Å². The molecule has 1 aliphatic heterocycles. The van der Waals surface area contributed by atoms with Gasteiger partial charge in [0.1, 0.15) is 36.3 Å². The highest BCUT2D eigenvalue weighted by Gasteiger charge is 2.78. The Morgan fingerprint density at radius 1 is 0.922 bits per heavy atom. The SMILES string of the molecule is COCO[C@H]1C[C@H]2OC[C@@]2(OC(C)=O)C2C(OC(=O)c3ccccc3)[C@]3(O)C[C@H](OC(=O)[C@H](O)[C@@H](NC(=O)OC(C)(C)C)c4ccccc4)C(C)=C([C@@H](OC(C)=O)C(=O)[C@@]21C)C3(C)C. The summed E-state index contributed by atoms with van der Waals surface area (Å²) in [5, 5.41) is 28.1. The molecule has 2 aromatic carbocycles. The highest BCUT2D eigenvalue weighted by Crippen LogP contribution is 2.65. The van der Waals surface area contributed by atoms with Gasteiger partial charge >= 0.3 is 30.0 Å². The van der Waals surface area contributed by atoms with E-state index in [1.54, 1.807) is 90.1 Å². The lowest BCUT2D eigenvalue weighted by molar-refractivity contribution is -0.351. The predicted molar refractivity (Wildman–Crippen MR) is 224 cm³/mol. The fourth-order valence-corrected chi connectivity index (χ4v) is 10.2. The standard InChI is InChI=1S/C47H59NO16/c1-25-30(61-41(54)35(51)34(28-17-13-11-14-18-28)48-42(55)64-43(4,5)6)22-47(56)39(62-40(53)29-19-15-12-16-20-29)37-45(9,38(52)36(60-26(2)49)33(25)44(47,7)8)31(59-24-57-10)21-32-46(37,23-58-32)63-27(3)50/h11-20,30-32,34-37,39,51,56H,21-24H2,1-10H3,(H,48,55)/t30-,31-,32+,34-,35+,36+,37?,39?,45+,46-,47+/m0/s1. The number of carbonyl (C=O) groups excluding carboxylic acids is 6. The van der Waals surface area contributed by atoms with Crippen molar-refractivity contribution in [3.63, 3.8) is 0 Å². The van der Waals surface area contributed by atoms with Gasteiger partial charge in [-0.15, -0.1) is 0 Å². The Labute approximate surface area is 372 Å². The number of esters is 4. The molecule has 4 aliphatic rings. The van der Waals surface area contributed by atoms with Gasteiger partial charge in [0.2, 0.25) is 0 Å². The Morgan fingerprint density at radius 3 is 2.09 bits per heavy atom. The third-order valence-electron chi connectivity index (χ3n) is 13.2. The molecule has 1 heterocycles. The summed E-state index contributed by atoms with van der Waals surface area (Å²) >= 11 is 0. The van der Waals surface area contributed by atoms with Gasteiger partial charge in [-0.2, -0.15) is 0 Å². The van der Waals surface area contributed by atoms with Crippen molar-refractivity contribution in [3.8, 4) is 0 Å². The fraction of sp³-hybridized carbons (Fsp3) is 0.574. The number of Topliss-reactive ketones (excluding diaryl/α,β-unsaturated/α-hetero) is 1. The van der Waals surface area contributed by atoms with Crippen molar-refractivity contribution in [3.05, 3.63) is 82.9 Å². The molecule has 2 aromatic rings. The summed E-state index contributed by atoms with van der Waals surface area (Å²) in [7, 11) is 1.38. The lowest BCUT2D eigenvalue weighted by Gasteiger charge is -2.67. The first kappa shape index (κ1) is 48.3. The van der Waals surface area contributed by atoms with Gasteiger partial charge in [-0.1, -0.05) is 62.4 Å². The Kier molecular flexibility index (Phi) is 13.6. The molecule has 2 bridgehead atoms. The van der Waals surface area contributed by atoms with E-state index in [4.69, 9.17) is 37.9 Å². The maximum atomic E-state index is 15.9. The number of carbonyl (C=O) groups is 6. The Morgan fingerprint density at radius 2 is 1.55 bits per heavy atom. The second-order valence-electron chi connectivity index (χ2n) is 18.7. The highest BCUT2D eigenvalue weighted by molar-refractivity contribution is 5.95. The number of aliphatic hydroxyl groups excluding tert-OH is 1. The Balaban J connectivity index is 1.57. The first-order valence-corrected chi connectivity index (χ1v) is 21.2. The van der Waals surface area contributed by atoms with Crippen LogP contribution < -0.4 is 5.32 Å². The molecule has 0 aromatic heterocycles. The average Bonchev–Trinajstić information content (AvgIpc) is 3.21. The van der Waals surface area contributed by atoms with Gasteiger partial charge in [0.25, 0.3) is 0 Å². The number of ether oxygens (including phenoxy) is 8. The summed E-state index contributed by atoms with van der Waals surface area (Å²) in [6.07, 6.45) is -10.7. The van der Waals surface area contributed by atoms with Crippen molar-refractivity contribution in [2.24, 2.45) is 16.7 Å². The third-order valence-corrected chi connectivity index (χ3v) is 13.2. The minimum Gasteiger partial charge on any atom is -0.456 e. The van der Waals surface area contributed by atoms with E-state index in [1.807, 2.05) is 0 Å². The maximum absolute atomic E-state index is 15.9. The molecule has 1 saturated heterocycles. The van der Waals surface area contributed by atoms with E-state index in [0.29, 0.717) is 5.56 Å². The maximum Gasteiger partial charge on any atom is 0.408 e. The van der Waals surface area contributed by atoms with E-state index in [2.05, 4.69) is 5.32 Å². The molecule has 11 atom stereocenters. The zero-order chi connectivity index (χ0) is 47.2. The number of rotatable bonds is 12. The first-order chi connectivity index (χ1) is 29.9. The smallest absolute Gasteiger partial charge is 0.408 e. The number of ketones is 1. The van der Waals surface area contributed by atoms with Gasteiger partial charge < -0.3 is 53.4 Å². The number of benzene rings is 2. The lowest BCUT2D eigenvalue weighted by atomic mass is 9.44. The van der Waals surface area contributed by atoms with Crippen molar-refractivity contribution >= 4 is 35.8 Å². The van der Waals surface area contributed by atoms with Gasteiger partial charge in [0.15, 0.2) is 23.6 Å². The second-order valence-corrected chi connectivity index (χ2v) is 18.7. The summed E-state index contributed by atoms with van der Waals surface area (Å²) in [6.45, 7) is 12.9. The van der Waals surface area contributed by atoms with Crippen LogP contribution in [-0.4, -0.2) is 120 Å². The van der Waals surface area contributed by atoms with Gasteiger partial charge in [-0.3, -0.25) is 14.4 Å². The Hall–Kier alpha value is -5.20. The number of hydrogen-bond acceptors (Lipinski definition) is 16. The van der Waals surface area contributed by atoms with Crippen molar-refractivity contribution < 1.29 is 76.9 Å². The number of methoxy groups -OCH3 is 1. The monoisotopic (exact) mass is 893 g/mol. The summed E-state index contributed by atoms with van der Waals surface area (Å²) in [4.78, 5) is 84.0. The van der Waals surface area contributed by atoms with Gasteiger partial charge in [0.05, 0.1) is 35.6 Å². The van der Waals surface area contributed by atoms with Gasteiger partial charge in [-0.25, -0.2) is 14.4 Å². The molecule has 2 unspecified atom stereocenters. The van der Waals surface area contributed by atoms with E-state index >= 15 is 4.79 Å². The van der Waals surface area contributed by atoms with Crippen LogP contribution in [0.25, 0.3) is 0 Å². The Bertz CT molecular complexity index is 2150. The molecular weight excluding hydrogens is 835 g/mol. The molecule has 17 nitrogen and oxygen atoms in total. The molecule has 17 heteroatoms. The largest absolute Gasteiger partial charge is 0.456 e. The topological polar surface area (TPSA) is 229 Å². The molecule has 6 rings (SSSR count). The van der Waals surface area contributed by atoms with Crippen LogP contribution in [0.1, 0.15) is 97.1 Å². The van der Waals surface area contributed by atoms with Crippen molar-refractivity contribution in [1.82, 2.24) is 5.32 Å². The van der Waals surface area contributed by atoms with Crippen LogP contribution in [0, 0.1) is 16.7 Å². The van der Waals surface area contributed by atoms with Crippen LogP contribution in [0.5, 0.6) is 0 Å². The van der Waals surface area contributed by atoms with E-state index in [9.17, 15) is 34.2 Å². The van der Waals surface area contributed by atoms with Crippen LogP contribution in [0.3, 0.4) is 0 Å². The van der Waals surface area contributed by atoms with E-state index < -0.39 is 118 Å². The van der Waals surface area contributed by atoms with Crippen LogP contribution in [0.2, 0.25) is 0 Å². The number of nitrogens with one attached hydrogen (secondary N) is 1. The second kappa shape index (κ2) is 18.0. The number of alkyl carbamates (subject to hydrolysis) is 1. The zero-order valence-electron chi connectivity index (χ0n) is 37.8. The summed E-state index contributed by atoms with van der Waals surface area (Å²) in [5.74, 6) is -6.03. The highest BCUT2D eigenvalue weighted by atomic mass is 16.7. The third kappa shape index (κ3) is 8.67. The minimum atomic E-state index is -2.38. The van der Waals surface area contributed by atoms with Crippen LogP contribution >= 0.6 is 0 Å². The molecule has 0 spiro atoms. The summed E-state index contributed by atoms with van der Waals surface area (Å²) < 4.78 is 47.8. The van der Waals surface area contributed by atoms with E-state index in [-0.39, 0.29) is 36.5 Å². The molecule has 3 aliphatic carbocycles. The normalized spacial score (nSPS) is 31.5. The van der Waals surface area contributed by atoms with Crippen molar-refractivity contribution in [2.75, 3.05) is 20.5 Å². The quantitative estimate of drug-likeness (QED) is 0.116. The fourth-order valence-electron chi connectivity index (χ4n) is 10.2. The van der Waals surface area contributed by atoms with Gasteiger partial charge in [0, 0.05) is 39.2 Å².